The van der Waals surface area contributed by atoms with Crippen molar-refractivity contribution in [1.82, 2.24) is 28.0 Å². The smallest absolute Gasteiger partial charge is 0.242 e. The first-order valence-electron chi connectivity index (χ1n) is 8.04. The minimum Gasteiger partial charge on any atom is -0.369 e. The predicted molar refractivity (Wildman–Crippen MR) is 102 cm³/mol. The number of hydrogen-bond donors (Lipinski definition) is 2. The third-order valence-electron chi connectivity index (χ3n) is 3.78. The first kappa shape index (κ1) is 17.5. The third-order valence-corrected chi connectivity index (χ3v) is 5.82. The molecule has 0 atom stereocenters. The normalized spacial score (nSPS) is 11.7. The van der Waals surface area contributed by atoms with Gasteiger partial charge in [0.2, 0.25) is 10.0 Å². The lowest BCUT2D eigenvalue weighted by molar-refractivity contribution is 0.583. The molecule has 3 heterocycles. The fraction of sp³-hybridized carbons (Fsp3) is 0.125. The minimum atomic E-state index is -3.68. The van der Waals surface area contributed by atoms with Crippen LogP contribution in [0.15, 0.2) is 60.0 Å². The molecule has 2 N–H and O–H groups in total. The quantitative estimate of drug-likeness (QED) is 0.453. The number of nitrogens with zero attached hydrogens (tertiary/aromatic N) is 5. The second-order valence-corrected chi connectivity index (χ2v) is 7.83. The maximum atomic E-state index is 12.5. The van der Waals surface area contributed by atoms with Crippen molar-refractivity contribution < 1.29 is 8.42 Å². The van der Waals surface area contributed by atoms with Gasteiger partial charge in [-0.15, -0.1) is 0 Å². The highest BCUT2D eigenvalue weighted by Crippen LogP contribution is 2.20. The molecule has 4 aromatic rings. The molecule has 27 heavy (non-hydrogen) atoms. The molecule has 0 spiro atoms. The van der Waals surface area contributed by atoms with Crippen molar-refractivity contribution in [1.29, 1.82) is 0 Å². The monoisotopic (exact) mass is 401 g/mol. The molecule has 0 saturated carbocycles. The Hall–Kier alpha value is -2.89. The number of nitrogens with one attached hydrogen (secondary N) is 2. The van der Waals surface area contributed by atoms with Crippen LogP contribution in [0, 0.1) is 0 Å². The lowest BCUT2D eigenvalue weighted by Crippen LogP contribution is -2.29. The van der Waals surface area contributed by atoms with E-state index in [0.717, 1.165) is 17.5 Å². The van der Waals surface area contributed by atoms with E-state index in [4.69, 9.17) is 0 Å². The highest BCUT2D eigenvalue weighted by molar-refractivity contribution is 7.89. The molecular formula is C16H15N7O2S2. The fourth-order valence-electron chi connectivity index (χ4n) is 2.52. The van der Waals surface area contributed by atoms with E-state index in [-0.39, 0.29) is 11.4 Å². The van der Waals surface area contributed by atoms with Crippen molar-refractivity contribution >= 4 is 38.6 Å². The number of aromatic nitrogens is 5. The van der Waals surface area contributed by atoms with Gasteiger partial charge in [0, 0.05) is 31.5 Å². The van der Waals surface area contributed by atoms with E-state index >= 15 is 0 Å². The summed E-state index contributed by atoms with van der Waals surface area (Å²) in [5.41, 5.74) is 0.953. The second-order valence-electron chi connectivity index (χ2n) is 5.56. The number of fused-ring (bicyclic) bond motifs is 1. The number of sulfonamides is 1. The van der Waals surface area contributed by atoms with Crippen LogP contribution in [0.1, 0.15) is 0 Å². The summed E-state index contributed by atoms with van der Waals surface area (Å²) < 4.78 is 37.6. The molecule has 11 heteroatoms. The van der Waals surface area contributed by atoms with Gasteiger partial charge in [0.1, 0.15) is 33.9 Å². The Morgan fingerprint density at radius 3 is 2.74 bits per heavy atom. The Morgan fingerprint density at radius 1 is 1.04 bits per heavy atom. The van der Waals surface area contributed by atoms with E-state index in [9.17, 15) is 8.42 Å². The van der Waals surface area contributed by atoms with Gasteiger partial charge in [0.15, 0.2) is 0 Å². The first-order valence-corrected chi connectivity index (χ1v) is 10.2. The zero-order valence-corrected chi connectivity index (χ0v) is 15.6. The van der Waals surface area contributed by atoms with Gasteiger partial charge in [0.05, 0.1) is 11.7 Å². The first-order chi connectivity index (χ1) is 13.1. The van der Waals surface area contributed by atoms with Crippen LogP contribution < -0.4 is 10.0 Å². The lowest BCUT2D eigenvalue weighted by atomic mass is 10.3. The summed E-state index contributed by atoms with van der Waals surface area (Å²) in [6, 6.07) is 10.5. The van der Waals surface area contributed by atoms with Crippen LogP contribution in [0.25, 0.3) is 16.9 Å². The van der Waals surface area contributed by atoms with E-state index < -0.39 is 10.0 Å². The number of anilines is 1. The van der Waals surface area contributed by atoms with Crippen LogP contribution in [-0.2, 0) is 10.0 Å². The summed E-state index contributed by atoms with van der Waals surface area (Å²) in [6.07, 6.45) is 5.22. The van der Waals surface area contributed by atoms with Gasteiger partial charge in [-0.1, -0.05) is 6.07 Å². The van der Waals surface area contributed by atoms with Crippen molar-refractivity contribution in [3.05, 3.63) is 55.1 Å². The number of hydrogen-bond acceptors (Lipinski definition) is 8. The maximum absolute atomic E-state index is 12.5. The molecule has 0 saturated heterocycles. The van der Waals surface area contributed by atoms with Crippen molar-refractivity contribution in [2.45, 2.75) is 4.90 Å². The van der Waals surface area contributed by atoms with E-state index in [1.54, 1.807) is 18.2 Å². The van der Waals surface area contributed by atoms with E-state index in [0.29, 0.717) is 23.4 Å². The molecule has 4 rings (SSSR count). The van der Waals surface area contributed by atoms with Gasteiger partial charge in [-0.2, -0.15) is 8.75 Å². The molecule has 0 amide bonds. The number of benzene rings is 1. The second kappa shape index (κ2) is 7.39. The predicted octanol–water partition coefficient (Wildman–Crippen LogP) is 1.66. The van der Waals surface area contributed by atoms with Gasteiger partial charge in [-0.25, -0.2) is 23.1 Å². The molecule has 0 aliphatic heterocycles. The van der Waals surface area contributed by atoms with E-state index in [1.807, 2.05) is 29.1 Å². The average molecular weight is 401 g/mol. The third kappa shape index (κ3) is 3.79. The number of rotatable bonds is 7. The Balaban J connectivity index is 1.39. The van der Waals surface area contributed by atoms with Crippen LogP contribution in [0.5, 0.6) is 0 Å². The molecule has 0 aliphatic rings. The molecule has 9 nitrogen and oxygen atoms in total. The molecule has 0 radical (unpaired) electrons. The van der Waals surface area contributed by atoms with Gasteiger partial charge in [-0.05, 0) is 24.3 Å². The topological polar surface area (TPSA) is 115 Å². The zero-order valence-electron chi connectivity index (χ0n) is 14.0. The van der Waals surface area contributed by atoms with E-state index in [2.05, 4.69) is 28.8 Å². The summed E-state index contributed by atoms with van der Waals surface area (Å²) in [4.78, 5) is 8.48. The molecule has 0 fully saturated rings. The van der Waals surface area contributed by atoms with Gasteiger partial charge in [-0.3, -0.25) is 0 Å². The Labute approximate surface area is 159 Å². The largest absolute Gasteiger partial charge is 0.369 e. The lowest BCUT2D eigenvalue weighted by Gasteiger charge is -2.09. The molecule has 0 aliphatic carbocycles. The highest BCUT2D eigenvalue weighted by atomic mass is 32.2. The van der Waals surface area contributed by atoms with Gasteiger partial charge < -0.3 is 9.88 Å². The van der Waals surface area contributed by atoms with Crippen LogP contribution in [0.3, 0.4) is 0 Å². The van der Waals surface area contributed by atoms with Crippen molar-refractivity contribution in [3.8, 4) is 5.82 Å². The summed E-state index contributed by atoms with van der Waals surface area (Å²) in [7, 11) is -3.68. The highest BCUT2D eigenvalue weighted by Gasteiger charge is 2.18. The summed E-state index contributed by atoms with van der Waals surface area (Å²) in [5, 5.41) is 3.09. The van der Waals surface area contributed by atoms with Crippen LogP contribution in [0.4, 0.5) is 5.82 Å². The van der Waals surface area contributed by atoms with Crippen molar-refractivity contribution in [3.63, 3.8) is 0 Å². The Bertz CT molecular complexity index is 1160. The summed E-state index contributed by atoms with van der Waals surface area (Å²) >= 11 is 0.988. The maximum Gasteiger partial charge on any atom is 0.242 e. The molecule has 0 unspecified atom stereocenters. The molecule has 1 aromatic carbocycles. The molecule has 0 bridgehead atoms. The fourth-order valence-corrected chi connectivity index (χ4v) is 4.32. The SMILES string of the molecule is O=S(=O)(NCCNc1cc(-n2cccc2)ncn1)c1cccc2nsnc12. The van der Waals surface area contributed by atoms with Gasteiger partial charge >= 0.3 is 0 Å². The van der Waals surface area contributed by atoms with Crippen LogP contribution in [-0.4, -0.2) is 44.8 Å². The average Bonchev–Trinajstić information content (AvgIpc) is 3.36. The van der Waals surface area contributed by atoms with Crippen LogP contribution in [0.2, 0.25) is 0 Å². The van der Waals surface area contributed by atoms with Crippen LogP contribution >= 0.6 is 11.7 Å². The van der Waals surface area contributed by atoms with E-state index in [1.165, 1.54) is 12.4 Å². The van der Waals surface area contributed by atoms with Gasteiger partial charge in [0.25, 0.3) is 0 Å². The minimum absolute atomic E-state index is 0.130. The molecule has 3 aromatic heterocycles. The Kier molecular flexibility index (Phi) is 4.79. The molecular weight excluding hydrogens is 386 g/mol. The molecule has 138 valence electrons. The summed E-state index contributed by atoms with van der Waals surface area (Å²) in [6.45, 7) is 0.561. The van der Waals surface area contributed by atoms with Crippen molar-refractivity contribution in [2.24, 2.45) is 0 Å². The summed E-state index contributed by atoms with van der Waals surface area (Å²) in [5.74, 6) is 1.33. The zero-order chi connectivity index (χ0) is 18.7. The standard InChI is InChI=1S/C16H15N7O2S2/c24-27(25,13-5-3-4-12-16(13)22-26-21-12)20-7-6-17-14-10-15(19-11-18-14)23-8-1-2-9-23/h1-5,8-11,20H,6-7H2,(H,17,18,19). The Morgan fingerprint density at radius 2 is 1.89 bits per heavy atom. The van der Waals surface area contributed by atoms with Crippen molar-refractivity contribution in [2.75, 3.05) is 18.4 Å².